The minimum atomic E-state index is 0.496. The third kappa shape index (κ3) is 4.53. The maximum absolute atomic E-state index is 5.65. The molecule has 0 amide bonds. The molecular formula is C13H21NO2. The third-order valence-electron chi connectivity index (χ3n) is 2.41. The molecule has 0 heterocycles. The van der Waals surface area contributed by atoms with Crippen LogP contribution in [0.5, 0.6) is 11.5 Å². The zero-order valence-electron chi connectivity index (χ0n) is 10.3. The van der Waals surface area contributed by atoms with Gasteiger partial charge >= 0.3 is 0 Å². The summed E-state index contributed by atoms with van der Waals surface area (Å²) in [6, 6.07) is 8.18. The molecule has 90 valence electrons. The van der Waals surface area contributed by atoms with E-state index in [2.05, 4.69) is 19.2 Å². The second kappa shape index (κ2) is 7.12. The molecule has 1 aromatic carbocycles. The Morgan fingerprint density at radius 3 is 2.75 bits per heavy atom. The molecule has 0 spiro atoms. The van der Waals surface area contributed by atoms with Crippen LogP contribution in [0, 0.1) is 0 Å². The molecule has 1 rings (SSSR count). The SMILES string of the molecule is CCNC(C)CCOc1cccc(OC)c1. The Bertz CT molecular complexity index is 302. The number of methoxy groups -OCH3 is 1. The van der Waals surface area contributed by atoms with Crippen molar-refractivity contribution in [2.24, 2.45) is 0 Å². The number of rotatable bonds is 7. The fraction of sp³-hybridized carbons (Fsp3) is 0.538. The van der Waals surface area contributed by atoms with Crippen molar-refractivity contribution in [1.82, 2.24) is 5.32 Å². The van der Waals surface area contributed by atoms with Gasteiger partial charge in [-0.15, -0.1) is 0 Å². The fourth-order valence-electron chi connectivity index (χ4n) is 1.50. The molecule has 0 aliphatic rings. The summed E-state index contributed by atoms with van der Waals surface area (Å²) in [5.74, 6) is 1.69. The van der Waals surface area contributed by atoms with Crippen LogP contribution in [0.3, 0.4) is 0 Å². The first-order valence-electron chi connectivity index (χ1n) is 5.76. The predicted molar refractivity (Wildman–Crippen MR) is 66.2 cm³/mol. The zero-order chi connectivity index (χ0) is 11.8. The van der Waals surface area contributed by atoms with Crippen LogP contribution in [-0.4, -0.2) is 26.3 Å². The van der Waals surface area contributed by atoms with E-state index in [9.17, 15) is 0 Å². The summed E-state index contributed by atoms with van der Waals surface area (Å²) in [6.45, 7) is 6.00. The molecule has 1 N–H and O–H groups in total. The summed E-state index contributed by atoms with van der Waals surface area (Å²) in [5.41, 5.74) is 0. The van der Waals surface area contributed by atoms with Gasteiger partial charge in [0.25, 0.3) is 0 Å². The lowest BCUT2D eigenvalue weighted by Gasteiger charge is -2.13. The van der Waals surface area contributed by atoms with Gasteiger partial charge in [0, 0.05) is 12.1 Å². The molecule has 1 atom stereocenters. The molecule has 0 aliphatic carbocycles. The second-order valence-corrected chi connectivity index (χ2v) is 3.77. The smallest absolute Gasteiger partial charge is 0.122 e. The van der Waals surface area contributed by atoms with Gasteiger partial charge in [0.2, 0.25) is 0 Å². The van der Waals surface area contributed by atoms with Crippen molar-refractivity contribution in [1.29, 1.82) is 0 Å². The summed E-state index contributed by atoms with van der Waals surface area (Å²) >= 11 is 0. The number of ether oxygens (including phenoxy) is 2. The predicted octanol–water partition coefficient (Wildman–Crippen LogP) is 2.46. The first-order chi connectivity index (χ1) is 7.76. The lowest BCUT2D eigenvalue weighted by atomic mass is 10.2. The lowest BCUT2D eigenvalue weighted by Crippen LogP contribution is -2.27. The zero-order valence-corrected chi connectivity index (χ0v) is 10.3. The van der Waals surface area contributed by atoms with Crippen molar-refractivity contribution in [3.8, 4) is 11.5 Å². The van der Waals surface area contributed by atoms with Crippen LogP contribution in [0.4, 0.5) is 0 Å². The Balaban J connectivity index is 2.31. The minimum absolute atomic E-state index is 0.496. The minimum Gasteiger partial charge on any atom is -0.497 e. The number of benzene rings is 1. The van der Waals surface area contributed by atoms with Crippen LogP contribution in [-0.2, 0) is 0 Å². The van der Waals surface area contributed by atoms with Gasteiger partial charge in [0.1, 0.15) is 11.5 Å². The maximum atomic E-state index is 5.65. The van der Waals surface area contributed by atoms with Gasteiger partial charge in [0.05, 0.1) is 13.7 Å². The number of nitrogens with one attached hydrogen (secondary N) is 1. The highest BCUT2D eigenvalue weighted by Crippen LogP contribution is 2.18. The van der Waals surface area contributed by atoms with E-state index < -0.39 is 0 Å². The standard InChI is InChI=1S/C13H21NO2/c1-4-14-11(2)8-9-16-13-7-5-6-12(10-13)15-3/h5-7,10-11,14H,4,8-9H2,1-3H3. The summed E-state index contributed by atoms with van der Waals surface area (Å²) < 4.78 is 10.8. The summed E-state index contributed by atoms with van der Waals surface area (Å²) in [7, 11) is 1.66. The largest absolute Gasteiger partial charge is 0.497 e. The molecule has 16 heavy (non-hydrogen) atoms. The van der Waals surface area contributed by atoms with E-state index in [1.807, 2.05) is 24.3 Å². The number of hydrogen-bond acceptors (Lipinski definition) is 3. The third-order valence-corrected chi connectivity index (χ3v) is 2.41. The van der Waals surface area contributed by atoms with Crippen LogP contribution >= 0.6 is 0 Å². The van der Waals surface area contributed by atoms with Crippen LogP contribution in [0.2, 0.25) is 0 Å². The Morgan fingerprint density at radius 1 is 1.31 bits per heavy atom. The van der Waals surface area contributed by atoms with E-state index in [1.54, 1.807) is 7.11 Å². The molecule has 0 radical (unpaired) electrons. The van der Waals surface area contributed by atoms with E-state index in [4.69, 9.17) is 9.47 Å². The highest BCUT2D eigenvalue weighted by atomic mass is 16.5. The molecule has 0 aliphatic heterocycles. The van der Waals surface area contributed by atoms with Crippen LogP contribution in [0.1, 0.15) is 20.3 Å². The molecule has 0 aromatic heterocycles. The van der Waals surface area contributed by atoms with E-state index in [0.29, 0.717) is 6.04 Å². The summed E-state index contributed by atoms with van der Waals surface area (Å²) in [5, 5.41) is 3.35. The Hall–Kier alpha value is -1.22. The fourth-order valence-corrected chi connectivity index (χ4v) is 1.50. The average molecular weight is 223 g/mol. The quantitative estimate of drug-likeness (QED) is 0.770. The molecule has 0 saturated carbocycles. The molecule has 0 fully saturated rings. The van der Waals surface area contributed by atoms with E-state index >= 15 is 0 Å². The van der Waals surface area contributed by atoms with E-state index in [1.165, 1.54) is 0 Å². The van der Waals surface area contributed by atoms with Gasteiger partial charge in [-0.25, -0.2) is 0 Å². The van der Waals surface area contributed by atoms with Crippen molar-refractivity contribution in [2.45, 2.75) is 26.3 Å². The highest BCUT2D eigenvalue weighted by molar-refractivity contribution is 5.32. The van der Waals surface area contributed by atoms with Crippen LogP contribution in [0.15, 0.2) is 24.3 Å². The Labute approximate surface area is 97.8 Å². The topological polar surface area (TPSA) is 30.5 Å². The van der Waals surface area contributed by atoms with Gasteiger partial charge < -0.3 is 14.8 Å². The lowest BCUT2D eigenvalue weighted by molar-refractivity contribution is 0.289. The van der Waals surface area contributed by atoms with Crippen molar-refractivity contribution in [2.75, 3.05) is 20.3 Å². The Morgan fingerprint density at radius 2 is 2.06 bits per heavy atom. The van der Waals surface area contributed by atoms with Gasteiger partial charge in [-0.05, 0) is 32.0 Å². The molecule has 0 bridgehead atoms. The van der Waals surface area contributed by atoms with Crippen molar-refractivity contribution in [3.63, 3.8) is 0 Å². The first-order valence-corrected chi connectivity index (χ1v) is 5.76. The molecule has 0 saturated heterocycles. The highest BCUT2D eigenvalue weighted by Gasteiger charge is 2.01. The maximum Gasteiger partial charge on any atom is 0.122 e. The second-order valence-electron chi connectivity index (χ2n) is 3.77. The van der Waals surface area contributed by atoms with Gasteiger partial charge in [-0.2, -0.15) is 0 Å². The van der Waals surface area contributed by atoms with Crippen molar-refractivity contribution >= 4 is 0 Å². The van der Waals surface area contributed by atoms with Gasteiger partial charge in [-0.3, -0.25) is 0 Å². The molecule has 1 unspecified atom stereocenters. The molecular weight excluding hydrogens is 202 g/mol. The average Bonchev–Trinajstić information content (AvgIpc) is 2.30. The van der Waals surface area contributed by atoms with Crippen LogP contribution in [0.25, 0.3) is 0 Å². The van der Waals surface area contributed by atoms with Gasteiger partial charge in [-0.1, -0.05) is 13.0 Å². The summed E-state index contributed by atoms with van der Waals surface area (Å²) in [4.78, 5) is 0. The monoisotopic (exact) mass is 223 g/mol. The normalized spacial score (nSPS) is 12.2. The van der Waals surface area contributed by atoms with Crippen molar-refractivity contribution < 1.29 is 9.47 Å². The van der Waals surface area contributed by atoms with E-state index in [-0.39, 0.29) is 0 Å². The molecule has 3 nitrogen and oxygen atoms in total. The summed E-state index contributed by atoms with van der Waals surface area (Å²) in [6.07, 6.45) is 1.01. The van der Waals surface area contributed by atoms with Crippen LogP contribution < -0.4 is 14.8 Å². The first kappa shape index (κ1) is 12.8. The van der Waals surface area contributed by atoms with Gasteiger partial charge in [0.15, 0.2) is 0 Å². The van der Waals surface area contributed by atoms with E-state index in [0.717, 1.165) is 31.1 Å². The molecule has 3 heteroatoms. The Kier molecular flexibility index (Phi) is 5.72. The molecule has 1 aromatic rings. The number of hydrogen-bond donors (Lipinski definition) is 1. The van der Waals surface area contributed by atoms with Crippen molar-refractivity contribution in [3.05, 3.63) is 24.3 Å².